The van der Waals surface area contributed by atoms with E-state index in [4.69, 9.17) is 9.47 Å². The van der Waals surface area contributed by atoms with E-state index < -0.39 is 0 Å². The first kappa shape index (κ1) is 17.1. The highest BCUT2D eigenvalue weighted by Crippen LogP contribution is 2.35. The first-order chi connectivity index (χ1) is 12.2. The number of hydrogen-bond acceptors (Lipinski definition) is 4. The van der Waals surface area contributed by atoms with E-state index in [0.717, 1.165) is 36.8 Å². The van der Waals surface area contributed by atoms with Crippen molar-refractivity contribution in [3.63, 3.8) is 0 Å². The summed E-state index contributed by atoms with van der Waals surface area (Å²) in [7, 11) is 1.60. The van der Waals surface area contributed by atoms with Crippen LogP contribution in [0.15, 0.2) is 35.4 Å². The first-order valence-corrected chi connectivity index (χ1v) is 8.64. The van der Waals surface area contributed by atoms with Crippen LogP contribution in [0.25, 0.3) is 6.08 Å². The lowest BCUT2D eigenvalue weighted by atomic mass is 9.95. The Morgan fingerprint density at radius 2 is 2.16 bits per heavy atom. The average Bonchev–Trinajstić information content (AvgIpc) is 2.66. The number of amides is 1. The van der Waals surface area contributed by atoms with Crippen LogP contribution in [-0.2, 0) is 4.79 Å². The normalized spacial score (nSPS) is 17.6. The first-order valence-electron chi connectivity index (χ1n) is 8.64. The minimum atomic E-state index is -0.299. The second-order valence-corrected chi connectivity index (χ2v) is 6.36. The van der Waals surface area contributed by atoms with Crippen LogP contribution < -0.4 is 14.8 Å². The van der Waals surface area contributed by atoms with Gasteiger partial charge in [-0.15, -0.1) is 0 Å². The van der Waals surface area contributed by atoms with Gasteiger partial charge < -0.3 is 14.8 Å². The van der Waals surface area contributed by atoms with Gasteiger partial charge in [-0.05, 0) is 36.6 Å². The molecular formula is C20H22N2O3. The summed E-state index contributed by atoms with van der Waals surface area (Å²) in [6.07, 6.45) is 9.00. The van der Waals surface area contributed by atoms with E-state index in [1.807, 2.05) is 30.3 Å². The number of nitriles is 1. The molecule has 0 atom stereocenters. The molecule has 0 radical (unpaired) electrons. The maximum Gasteiger partial charge on any atom is 0.262 e. The summed E-state index contributed by atoms with van der Waals surface area (Å²) in [5, 5.41) is 12.3. The van der Waals surface area contributed by atoms with Gasteiger partial charge >= 0.3 is 0 Å². The molecule has 25 heavy (non-hydrogen) atoms. The number of carbonyl (C=O) groups excluding carboxylic acids is 1. The van der Waals surface area contributed by atoms with Crippen LogP contribution in [0.1, 0.15) is 37.7 Å². The predicted octanol–water partition coefficient (Wildman–Crippen LogP) is 3.37. The molecule has 0 aromatic heterocycles. The Morgan fingerprint density at radius 1 is 1.36 bits per heavy atom. The number of hydrogen-bond donors (Lipinski definition) is 1. The molecule has 1 aliphatic heterocycles. The molecule has 2 aliphatic rings. The third-order valence-electron chi connectivity index (χ3n) is 4.59. The monoisotopic (exact) mass is 338 g/mol. The highest BCUT2D eigenvalue weighted by Gasteiger charge is 2.20. The van der Waals surface area contributed by atoms with Crippen molar-refractivity contribution in [3.8, 4) is 17.6 Å². The van der Waals surface area contributed by atoms with Gasteiger partial charge in [-0.1, -0.05) is 31.4 Å². The fourth-order valence-corrected chi connectivity index (χ4v) is 3.29. The highest BCUT2D eigenvalue weighted by molar-refractivity contribution is 5.98. The molecule has 1 saturated carbocycles. The molecule has 5 nitrogen and oxygen atoms in total. The summed E-state index contributed by atoms with van der Waals surface area (Å²) in [6, 6.07) is 7.83. The van der Waals surface area contributed by atoms with Gasteiger partial charge in [0.25, 0.3) is 5.91 Å². The highest BCUT2D eigenvalue weighted by atomic mass is 16.5. The summed E-state index contributed by atoms with van der Waals surface area (Å²) in [6.45, 7) is 0.301. The second kappa shape index (κ2) is 7.89. The Hall–Kier alpha value is -2.74. The van der Waals surface area contributed by atoms with E-state index in [9.17, 15) is 10.1 Å². The number of fused-ring (bicyclic) bond motifs is 1. The van der Waals surface area contributed by atoms with E-state index in [2.05, 4.69) is 5.32 Å². The van der Waals surface area contributed by atoms with E-state index in [-0.39, 0.29) is 17.5 Å². The number of nitrogens with one attached hydrogen (secondary N) is 1. The third-order valence-corrected chi connectivity index (χ3v) is 4.59. The molecule has 5 heteroatoms. The molecule has 0 saturated heterocycles. The lowest BCUT2D eigenvalue weighted by Crippen LogP contribution is -2.36. The SMILES string of the molecule is COc1cccc2c1OCC(C=C(C#N)C(=O)NC1CCCCC1)=C2. The van der Waals surface area contributed by atoms with Gasteiger partial charge in [0.05, 0.1) is 7.11 Å². The zero-order valence-electron chi connectivity index (χ0n) is 14.4. The van der Waals surface area contributed by atoms with E-state index >= 15 is 0 Å². The number of carbonyl (C=O) groups is 1. The van der Waals surface area contributed by atoms with Gasteiger partial charge in [-0.2, -0.15) is 5.26 Å². The van der Waals surface area contributed by atoms with Crippen LogP contribution in [0.5, 0.6) is 11.5 Å². The topological polar surface area (TPSA) is 71.3 Å². The molecule has 0 spiro atoms. The van der Waals surface area contributed by atoms with Gasteiger partial charge in [0.15, 0.2) is 11.5 Å². The largest absolute Gasteiger partial charge is 0.493 e. The molecule has 1 fully saturated rings. The van der Waals surface area contributed by atoms with Crippen LogP contribution >= 0.6 is 0 Å². The molecule has 3 rings (SSSR count). The summed E-state index contributed by atoms with van der Waals surface area (Å²) in [5.41, 5.74) is 1.78. The van der Waals surface area contributed by atoms with Crippen molar-refractivity contribution in [2.75, 3.05) is 13.7 Å². The van der Waals surface area contributed by atoms with Gasteiger partial charge in [-0.25, -0.2) is 0 Å². The number of rotatable bonds is 4. The molecule has 0 bridgehead atoms. The third kappa shape index (κ3) is 4.03. The Balaban J connectivity index is 1.76. The van der Waals surface area contributed by atoms with Crippen molar-refractivity contribution in [1.82, 2.24) is 5.32 Å². The number of methoxy groups -OCH3 is 1. The molecule has 1 amide bonds. The van der Waals surface area contributed by atoms with Crippen molar-refractivity contribution in [2.24, 2.45) is 0 Å². The molecule has 1 aliphatic carbocycles. The second-order valence-electron chi connectivity index (χ2n) is 6.36. The van der Waals surface area contributed by atoms with Crippen molar-refractivity contribution in [3.05, 3.63) is 41.0 Å². The van der Waals surface area contributed by atoms with Gasteiger partial charge in [0.2, 0.25) is 0 Å². The molecule has 1 aromatic rings. The van der Waals surface area contributed by atoms with Crippen LogP contribution in [0, 0.1) is 11.3 Å². The maximum atomic E-state index is 12.4. The zero-order chi connectivity index (χ0) is 17.6. The summed E-state index contributed by atoms with van der Waals surface area (Å²) < 4.78 is 11.0. The molecule has 0 unspecified atom stereocenters. The molecule has 1 heterocycles. The van der Waals surface area contributed by atoms with Crippen molar-refractivity contribution in [1.29, 1.82) is 5.26 Å². The number of benzene rings is 1. The number of ether oxygens (including phenoxy) is 2. The summed E-state index contributed by atoms with van der Waals surface area (Å²) in [5.74, 6) is 1.06. The molecule has 1 N–H and O–H groups in total. The Kier molecular flexibility index (Phi) is 5.39. The van der Waals surface area contributed by atoms with Gasteiger partial charge in [0.1, 0.15) is 18.2 Å². The zero-order valence-corrected chi connectivity index (χ0v) is 14.4. The van der Waals surface area contributed by atoms with Crippen molar-refractivity contribution in [2.45, 2.75) is 38.1 Å². The van der Waals surface area contributed by atoms with Crippen LogP contribution in [0.4, 0.5) is 0 Å². The lowest BCUT2D eigenvalue weighted by Gasteiger charge is -2.22. The fourth-order valence-electron chi connectivity index (χ4n) is 3.29. The molecule has 1 aromatic carbocycles. The van der Waals surface area contributed by atoms with Crippen LogP contribution in [-0.4, -0.2) is 25.7 Å². The molecular weight excluding hydrogens is 316 g/mol. The maximum absolute atomic E-state index is 12.4. The quantitative estimate of drug-likeness (QED) is 0.675. The number of para-hydroxylation sites is 1. The summed E-state index contributed by atoms with van der Waals surface area (Å²) in [4.78, 5) is 12.4. The number of nitrogens with zero attached hydrogens (tertiary/aromatic N) is 1. The average molecular weight is 338 g/mol. The smallest absolute Gasteiger partial charge is 0.262 e. The fraction of sp³-hybridized carbons (Fsp3) is 0.400. The lowest BCUT2D eigenvalue weighted by molar-refractivity contribution is -0.118. The van der Waals surface area contributed by atoms with E-state index in [1.54, 1.807) is 13.2 Å². The minimum absolute atomic E-state index is 0.117. The Morgan fingerprint density at radius 3 is 2.88 bits per heavy atom. The van der Waals surface area contributed by atoms with E-state index in [0.29, 0.717) is 18.1 Å². The Labute approximate surface area is 147 Å². The summed E-state index contributed by atoms with van der Waals surface area (Å²) >= 11 is 0. The van der Waals surface area contributed by atoms with Crippen LogP contribution in [0.3, 0.4) is 0 Å². The van der Waals surface area contributed by atoms with Crippen molar-refractivity contribution >= 4 is 12.0 Å². The molecule has 130 valence electrons. The standard InChI is InChI=1S/C20H22N2O3/c1-24-18-9-5-6-15-10-14(13-25-19(15)18)11-16(12-21)20(23)22-17-7-3-2-4-8-17/h5-6,9-11,17H,2-4,7-8,13H2,1H3,(H,22,23). The van der Waals surface area contributed by atoms with Crippen LogP contribution in [0.2, 0.25) is 0 Å². The minimum Gasteiger partial charge on any atom is -0.493 e. The Bertz CT molecular complexity index is 753. The van der Waals surface area contributed by atoms with E-state index in [1.165, 1.54) is 6.42 Å². The van der Waals surface area contributed by atoms with Gasteiger partial charge in [-0.3, -0.25) is 4.79 Å². The van der Waals surface area contributed by atoms with Crippen molar-refractivity contribution < 1.29 is 14.3 Å². The predicted molar refractivity (Wildman–Crippen MR) is 95.2 cm³/mol. The van der Waals surface area contributed by atoms with Gasteiger partial charge in [0, 0.05) is 11.6 Å².